The van der Waals surface area contributed by atoms with Gasteiger partial charge in [-0.1, -0.05) is 29.8 Å². The van der Waals surface area contributed by atoms with Crippen molar-refractivity contribution in [3.8, 4) is 0 Å². The molecule has 0 unspecified atom stereocenters. The largest absolute Gasteiger partial charge is 0.468 e. The van der Waals surface area contributed by atoms with Crippen LogP contribution in [0.3, 0.4) is 0 Å². The zero-order valence-electron chi connectivity index (χ0n) is 9.19. The number of nitrogens with zero attached hydrogens (tertiary/aromatic N) is 1. The van der Waals surface area contributed by atoms with E-state index >= 15 is 0 Å². The number of hydrogen-bond donors (Lipinski definition) is 0. The van der Waals surface area contributed by atoms with Gasteiger partial charge in [0.15, 0.2) is 0 Å². The number of rotatable bonds is 4. The van der Waals surface area contributed by atoms with Crippen LogP contribution in [-0.2, 0) is 13.1 Å². The molecule has 0 spiro atoms. The molecule has 1 aromatic carbocycles. The Morgan fingerprint density at radius 1 is 1.12 bits per heavy atom. The quantitative estimate of drug-likeness (QED) is 0.806. The van der Waals surface area contributed by atoms with Crippen molar-refractivity contribution in [3.05, 3.63) is 59.0 Å². The van der Waals surface area contributed by atoms with Crippen LogP contribution in [-0.4, -0.2) is 11.9 Å². The van der Waals surface area contributed by atoms with E-state index in [-0.39, 0.29) is 0 Å². The van der Waals surface area contributed by atoms with E-state index in [1.165, 1.54) is 0 Å². The zero-order valence-corrected chi connectivity index (χ0v) is 9.95. The summed E-state index contributed by atoms with van der Waals surface area (Å²) in [5.41, 5.74) is 1.14. The summed E-state index contributed by atoms with van der Waals surface area (Å²) in [5.74, 6) is 0.967. The van der Waals surface area contributed by atoms with Crippen molar-refractivity contribution in [2.75, 3.05) is 7.05 Å². The lowest BCUT2D eigenvalue weighted by Gasteiger charge is -2.15. The van der Waals surface area contributed by atoms with Crippen molar-refractivity contribution in [2.24, 2.45) is 0 Å². The fourth-order valence-electron chi connectivity index (χ4n) is 1.64. The molecule has 0 fully saturated rings. The van der Waals surface area contributed by atoms with E-state index in [2.05, 4.69) is 4.90 Å². The van der Waals surface area contributed by atoms with E-state index < -0.39 is 0 Å². The van der Waals surface area contributed by atoms with E-state index in [1.54, 1.807) is 6.26 Å². The second-order valence-corrected chi connectivity index (χ2v) is 4.25. The Balaban J connectivity index is 1.97. The predicted molar refractivity (Wildman–Crippen MR) is 65.3 cm³/mol. The van der Waals surface area contributed by atoms with Gasteiger partial charge in [0.25, 0.3) is 0 Å². The summed E-state index contributed by atoms with van der Waals surface area (Å²) < 4.78 is 5.30. The van der Waals surface area contributed by atoms with E-state index in [4.69, 9.17) is 16.0 Å². The highest BCUT2D eigenvalue weighted by Gasteiger charge is 2.05. The van der Waals surface area contributed by atoms with Crippen molar-refractivity contribution in [1.29, 1.82) is 0 Å². The molecule has 0 aliphatic rings. The summed E-state index contributed by atoms with van der Waals surface area (Å²) in [7, 11) is 2.05. The molecule has 1 aromatic heterocycles. The van der Waals surface area contributed by atoms with Crippen LogP contribution in [0.4, 0.5) is 0 Å². The molecule has 16 heavy (non-hydrogen) atoms. The number of halogens is 1. The first-order valence-electron chi connectivity index (χ1n) is 5.20. The Kier molecular flexibility index (Phi) is 3.65. The lowest BCUT2D eigenvalue weighted by Crippen LogP contribution is -2.16. The SMILES string of the molecule is CN(Cc1ccco1)Cc1ccccc1Cl. The third-order valence-corrected chi connectivity index (χ3v) is 2.77. The van der Waals surface area contributed by atoms with Crippen LogP contribution in [0.25, 0.3) is 0 Å². The van der Waals surface area contributed by atoms with Gasteiger partial charge in [-0.05, 0) is 30.8 Å². The average Bonchev–Trinajstić information content (AvgIpc) is 2.74. The van der Waals surface area contributed by atoms with Gasteiger partial charge in [-0.25, -0.2) is 0 Å². The standard InChI is InChI=1S/C13H14ClNO/c1-15(10-12-6-4-8-16-12)9-11-5-2-3-7-13(11)14/h2-8H,9-10H2,1H3. The molecule has 0 saturated heterocycles. The molecule has 2 rings (SSSR count). The summed E-state index contributed by atoms with van der Waals surface area (Å²) in [6.07, 6.45) is 1.69. The van der Waals surface area contributed by atoms with Crippen LogP contribution < -0.4 is 0 Å². The molecule has 0 saturated carbocycles. The second-order valence-electron chi connectivity index (χ2n) is 3.84. The van der Waals surface area contributed by atoms with Gasteiger partial charge in [-0.3, -0.25) is 4.90 Å². The predicted octanol–water partition coefficient (Wildman–Crippen LogP) is 3.57. The van der Waals surface area contributed by atoms with Crippen molar-refractivity contribution >= 4 is 11.6 Å². The Morgan fingerprint density at radius 2 is 1.94 bits per heavy atom. The van der Waals surface area contributed by atoms with Crippen molar-refractivity contribution in [3.63, 3.8) is 0 Å². The topological polar surface area (TPSA) is 16.4 Å². The maximum atomic E-state index is 6.10. The third-order valence-electron chi connectivity index (χ3n) is 2.40. The Hall–Kier alpha value is -1.25. The maximum Gasteiger partial charge on any atom is 0.117 e. The van der Waals surface area contributed by atoms with E-state index in [0.29, 0.717) is 0 Å². The van der Waals surface area contributed by atoms with Gasteiger partial charge in [-0.2, -0.15) is 0 Å². The van der Waals surface area contributed by atoms with Crippen LogP contribution in [0.1, 0.15) is 11.3 Å². The van der Waals surface area contributed by atoms with Crippen molar-refractivity contribution in [1.82, 2.24) is 4.90 Å². The molecule has 2 aromatic rings. The van der Waals surface area contributed by atoms with Gasteiger partial charge in [0, 0.05) is 11.6 Å². The fourth-order valence-corrected chi connectivity index (χ4v) is 1.84. The van der Waals surface area contributed by atoms with E-state index in [9.17, 15) is 0 Å². The van der Waals surface area contributed by atoms with Crippen LogP contribution in [0, 0.1) is 0 Å². The minimum absolute atomic E-state index is 0.790. The smallest absolute Gasteiger partial charge is 0.117 e. The first-order chi connectivity index (χ1) is 7.75. The number of furan rings is 1. The minimum Gasteiger partial charge on any atom is -0.468 e. The van der Waals surface area contributed by atoms with Crippen LogP contribution in [0.5, 0.6) is 0 Å². The summed E-state index contributed by atoms with van der Waals surface area (Å²) >= 11 is 6.10. The highest BCUT2D eigenvalue weighted by Crippen LogP contribution is 2.17. The fraction of sp³-hybridized carbons (Fsp3) is 0.231. The molecule has 84 valence electrons. The highest BCUT2D eigenvalue weighted by molar-refractivity contribution is 6.31. The normalized spacial score (nSPS) is 10.9. The van der Waals surface area contributed by atoms with Crippen molar-refractivity contribution in [2.45, 2.75) is 13.1 Å². The first-order valence-corrected chi connectivity index (χ1v) is 5.58. The monoisotopic (exact) mass is 235 g/mol. The van der Waals surface area contributed by atoms with Crippen LogP contribution in [0.15, 0.2) is 47.1 Å². The first kappa shape index (κ1) is 11.2. The maximum absolute atomic E-state index is 6.10. The lowest BCUT2D eigenvalue weighted by molar-refractivity contribution is 0.288. The summed E-state index contributed by atoms with van der Waals surface area (Å²) in [5, 5.41) is 0.814. The summed E-state index contributed by atoms with van der Waals surface area (Å²) in [6, 6.07) is 11.8. The van der Waals surface area contributed by atoms with Gasteiger partial charge in [0.1, 0.15) is 5.76 Å². The Bertz CT molecular complexity index is 439. The molecule has 1 heterocycles. The molecular weight excluding hydrogens is 222 g/mol. The van der Waals surface area contributed by atoms with Crippen molar-refractivity contribution < 1.29 is 4.42 Å². The zero-order chi connectivity index (χ0) is 11.4. The molecular formula is C13H14ClNO. The summed E-state index contributed by atoms with van der Waals surface area (Å²) in [6.45, 7) is 1.61. The molecule has 2 nitrogen and oxygen atoms in total. The van der Waals surface area contributed by atoms with Gasteiger partial charge in [-0.15, -0.1) is 0 Å². The molecule has 0 N–H and O–H groups in total. The molecule has 0 aliphatic heterocycles. The van der Waals surface area contributed by atoms with Gasteiger partial charge >= 0.3 is 0 Å². The minimum atomic E-state index is 0.790. The van der Waals surface area contributed by atoms with Crippen LogP contribution >= 0.6 is 11.6 Å². The molecule has 0 atom stereocenters. The summed E-state index contributed by atoms with van der Waals surface area (Å²) in [4.78, 5) is 2.17. The Morgan fingerprint density at radius 3 is 2.62 bits per heavy atom. The Labute approximate surface area is 100 Å². The van der Waals surface area contributed by atoms with E-state index in [1.807, 2.05) is 43.4 Å². The van der Waals surface area contributed by atoms with Gasteiger partial charge in [0.05, 0.1) is 12.8 Å². The second kappa shape index (κ2) is 5.19. The molecule has 0 aliphatic carbocycles. The van der Waals surface area contributed by atoms with Crippen LogP contribution in [0.2, 0.25) is 5.02 Å². The molecule has 0 amide bonds. The van der Waals surface area contributed by atoms with Gasteiger partial charge in [0.2, 0.25) is 0 Å². The van der Waals surface area contributed by atoms with E-state index in [0.717, 1.165) is 29.4 Å². The highest BCUT2D eigenvalue weighted by atomic mass is 35.5. The molecule has 3 heteroatoms. The number of benzene rings is 1. The average molecular weight is 236 g/mol. The molecule has 0 radical (unpaired) electrons. The lowest BCUT2D eigenvalue weighted by atomic mass is 10.2. The third kappa shape index (κ3) is 2.87. The van der Waals surface area contributed by atoms with Gasteiger partial charge < -0.3 is 4.42 Å². The molecule has 0 bridgehead atoms. The number of hydrogen-bond acceptors (Lipinski definition) is 2.